The van der Waals surface area contributed by atoms with Crippen LogP contribution in [0.2, 0.25) is 10.0 Å². The van der Waals surface area contributed by atoms with E-state index in [1.807, 2.05) is 36.4 Å². The summed E-state index contributed by atoms with van der Waals surface area (Å²) in [6, 6.07) is 32.9. The van der Waals surface area contributed by atoms with Crippen LogP contribution >= 0.6 is 23.2 Å². The Hall–Kier alpha value is -1.79. The van der Waals surface area contributed by atoms with Crippen molar-refractivity contribution in [1.29, 1.82) is 0 Å². The molecule has 5 rings (SSSR count). The average Bonchev–Trinajstić information content (AvgIpc) is 3.38. The second kappa shape index (κ2) is 11.0. The molecule has 0 radical (unpaired) electrons. The molecule has 148 valence electrons. The van der Waals surface area contributed by atoms with Gasteiger partial charge >= 0.3 is 41.3 Å². The first-order valence-corrected chi connectivity index (χ1v) is 11.7. The SMILES string of the molecule is C[C](C)=[Zr+2].Clc1cccc(-c2ccc[cH-]2)c1Cl.c1ccc2c(c1)[cH-]c1ccccc12. The maximum Gasteiger partial charge on any atom is 0.0504 e. The van der Waals surface area contributed by atoms with Gasteiger partial charge in [-0.25, -0.2) is 0 Å². The second-order valence-electron chi connectivity index (χ2n) is 7.09. The van der Waals surface area contributed by atoms with Gasteiger partial charge in [0, 0.05) is 5.02 Å². The van der Waals surface area contributed by atoms with Crippen molar-refractivity contribution in [3.8, 4) is 11.1 Å². The van der Waals surface area contributed by atoms with Gasteiger partial charge in [-0.2, -0.15) is 18.2 Å². The van der Waals surface area contributed by atoms with Gasteiger partial charge in [0.1, 0.15) is 0 Å². The van der Waals surface area contributed by atoms with Crippen LogP contribution in [-0.2, 0) is 24.2 Å². The summed E-state index contributed by atoms with van der Waals surface area (Å²) in [4.78, 5) is 0. The molecule has 0 aliphatic rings. The zero-order valence-corrected chi connectivity index (χ0v) is 21.0. The fraction of sp³-hybridized carbons (Fsp3) is 0.0741. The van der Waals surface area contributed by atoms with Gasteiger partial charge in [-0.05, 0) is 6.07 Å². The topological polar surface area (TPSA) is 0 Å². The Morgan fingerprint density at radius 3 is 1.83 bits per heavy atom. The third-order valence-electron chi connectivity index (χ3n) is 4.45. The van der Waals surface area contributed by atoms with E-state index in [-0.39, 0.29) is 0 Å². The normalized spacial score (nSPS) is 10.2. The zero-order valence-electron chi connectivity index (χ0n) is 17.0. The van der Waals surface area contributed by atoms with Crippen LogP contribution in [-0.4, -0.2) is 3.21 Å². The number of hydrogen-bond acceptors (Lipinski definition) is 0. The first kappa shape index (κ1) is 22.9. The minimum atomic E-state index is 0.598. The van der Waals surface area contributed by atoms with E-state index in [9.17, 15) is 0 Å². The number of halogens is 2. The number of rotatable bonds is 1. The molecule has 0 nitrogen and oxygen atoms in total. The van der Waals surface area contributed by atoms with Crippen LogP contribution in [0.25, 0.3) is 32.7 Å². The van der Waals surface area contributed by atoms with E-state index in [0.29, 0.717) is 10.0 Å². The van der Waals surface area contributed by atoms with Crippen molar-refractivity contribution >= 4 is 48.0 Å². The maximum absolute atomic E-state index is 6.05. The van der Waals surface area contributed by atoms with Crippen LogP contribution < -0.4 is 0 Å². The van der Waals surface area contributed by atoms with Crippen LogP contribution in [0, 0.1) is 0 Å². The third-order valence-corrected chi connectivity index (χ3v) is 5.27. The summed E-state index contributed by atoms with van der Waals surface area (Å²) in [5, 5.41) is 6.61. The quantitative estimate of drug-likeness (QED) is 0.198. The Morgan fingerprint density at radius 1 is 0.733 bits per heavy atom. The van der Waals surface area contributed by atoms with Crippen LogP contribution in [0.15, 0.2) is 97.1 Å². The van der Waals surface area contributed by atoms with E-state index in [4.69, 9.17) is 23.2 Å². The van der Waals surface area contributed by atoms with E-state index < -0.39 is 0 Å². The molecule has 0 fully saturated rings. The summed E-state index contributed by atoms with van der Waals surface area (Å²) < 4.78 is 1.51. The smallest absolute Gasteiger partial charge is 0.0504 e. The largest absolute Gasteiger partial charge is 0.176 e. The van der Waals surface area contributed by atoms with Gasteiger partial charge in [0.2, 0.25) is 0 Å². The summed E-state index contributed by atoms with van der Waals surface area (Å²) in [5.74, 6) is 0. The summed E-state index contributed by atoms with van der Waals surface area (Å²) in [5.41, 5.74) is 2.09. The van der Waals surface area contributed by atoms with Crippen molar-refractivity contribution in [1.82, 2.24) is 0 Å². The summed E-state index contributed by atoms with van der Waals surface area (Å²) >= 11 is 13.5. The minimum Gasteiger partial charge on any atom is -0.176 e. The molecule has 0 saturated heterocycles. The fourth-order valence-corrected chi connectivity index (χ4v) is 3.59. The van der Waals surface area contributed by atoms with E-state index in [1.54, 1.807) is 30.3 Å². The molecule has 0 aliphatic carbocycles. The standard InChI is InChI=1S/C13H9.C11H7Cl2.C3H6.Zr/c1-3-7-12-10(5-1)9-11-6-2-4-8-13(11)12;12-10-7-3-6-9(11(10)13)8-4-1-2-5-8;1-3-2;/h1-9H;1-7H;1-2H3;/q2*-1;;+2. The van der Waals surface area contributed by atoms with Crippen molar-refractivity contribution in [3.63, 3.8) is 0 Å². The van der Waals surface area contributed by atoms with Crippen molar-refractivity contribution in [2.45, 2.75) is 13.8 Å². The van der Waals surface area contributed by atoms with Gasteiger partial charge in [0.15, 0.2) is 0 Å². The maximum atomic E-state index is 6.05. The molecule has 5 aromatic rings. The predicted molar refractivity (Wildman–Crippen MR) is 131 cm³/mol. The number of hydrogen-bond donors (Lipinski definition) is 0. The van der Waals surface area contributed by atoms with Crippen LogP contribution in [0.1, 0.15) is 13.8 Å². The van der Waals surface area contributed by atoms with Gasteiger partial charge in [0.05, 0.1) is 5.02 Å². The summed E-state index contributed by atoms with van der Waals surface area (Å²) in [6.45, 7) is 4.25. The van der Waals surface area contributed by atoms with Crippen molar-refractivity contribution in [3.05, 3.63) is 107 Å². The third kappa shape index (κ3) is 5.88. The Bertz CT molecular complexity index is 1190. The molecule has 3 heteroatoms. The summed E-state index contributed by atoms with van der Waals surface area (Å²) in [7, 11) is 0. The molecule has 0 saturated carbocycles. The molecule has 0 aliphatic heterocycles. The van der Waals surface area contributed by atoms with Gasteiger partial charge < -0.3 is 0 Å². The molecule has 0 aromatic heterocycles. The van der Waals surface area contributed by atoms with E-state index in [2.05, 4.69) is 68.4 Å². The predicted octanol–water partition coefficient (Wildman–Crippen LogP) is 8.84. The Kier molecular flexibility index (Phi) is 8.40. The van der Waals surface area contributed by atoms with E-state index in [0.717, 1.165) is 11.1 Å². The molecule has 0 unspecified atom stereocenters. The van der Waals surface area contributed by atoms with Crippen molar-refractivity contribution < 1.29 is 24.2 Å². The molecular formula is C27H22Cl2Zr. The minimum absolute atomic E-state index is 0.598. The first-order chi connectivity index (χ1) is 14.5. The van der Waals surface area contributed by atoms with Crippen LogP contribution in [0.4, 0.5) is 0 Å². The van der Waals surface area contributed by atoms with Gasteiger partial charge in [-0.1, -0.05) is 77.3 Å². The molecule has 0 spiro atoms. The molecule has 0 amide bonds. The number of fused-ring (bicyclic) bond motifs is 3. The first-order valence-electron chi connectivity index (χ1n) is 9.68. The summed E-state index contributed by atoms with van der Waals surface area (Å²) in [6.07, 6.45) is 0. The van der Waals surface area contributed by atoms with Crippen molar-refractivity contribution in [2.75, 3.05) is 0 Å². The molecule has 0 heterocycles. The molecule has 5 aromatic carbocycles. The van der Waals surface area contributed by atoms with E-state index in [1.165, 1.54) is 24.8 Å². The fourth-order valence-electron chi connectivity index (χ4n) is 3.18. The van der Waals surface area contributed by atoms with E-state index >= 15 is 0 Å². The average molecular weight is 509 g/mol. The molecule has 0 atom stereocenters. The molecule has 0 N–H and O–H groups in total. The van der Waals surface area contributed by atoms with Crippen LogP contribution in [0.5, 0.6) is 0 Å². The second-order valence-corrected chi connectivity index (χ2v) is 10.3. The van der Waals surface area contributed by atoms with Crippen molar-refractivity contribution in [2.24, 2.45) is 0 Å². The molecule has 0 bridgehead atoms. The van der Waals surface area contributed by atoms with Gasteiger partial charge in [-0.3, -0.25) is 0 Å². The Labute approximate surface area is 203 Å². The van der Waals surface area contributed by atoms with Gasteiger partial charge in [-0.15, -0.1) is 51.4 Å². The monoisotopic (exact) mass is 506 g/mol. The van der Waals surface area contributed by atoms with Gasteiger partial charge in [0.25, 0.3) is 0 Å². The molecular weight excluding hydrogens is 486 g/mol. The Balaban J connectivity index is 0.000000146. The number of benzene rings is 3. The Morgan fingerprint density at radius 2 is 1.30 bits per heavy atom. The molecule has 30 heavy (non-hydrogen) atoms. The van der Waals surface area contributed by atoms with Crippen LogP contribution in [0.3, 0.4) is 0 Å². The zero-order chi connectivity index (χ0) is 21.5.